The highest BCUT2D eigenvalue weighted by Crippen LogP contribution is 2.26. The summed E-state index contributed by atoms with van der Waals surface area (Å²) < 4.78 is 28.6. The Bertz CT molecular complexity index is 1230. The first kappa shape index (κ1) is 24.3. The first-order valence-electron chi connectivity index (χ1n) is 10.5. The number of benzene rings is 2. The molecule has 7 nitrogen and oxygen atoms in total. The summed E-state index contributed by atoms with van der Waals surface area (Å²) >= 11 is 0. The lowest BCUT2D eigenvalue weighted by molar-refractivity contribution is -0.121. The maximum atomic E-state index is 13.7. The van der Waals surface area contributed by atoms with E-state index < -0.39 is 15.9 Å². The van der Waals surface area contributed by atoms with Crippen LogP contribution in [0.25, 0.3) is 0 Å². The molecule has 1 heterocycles. The zero-order chi connectivity index (χ0) is 24.0. The number of aromatic nitrogens is 1. The van der Waals surface area contributed by atoms with Gasteiger partial charge in [-0.1, -0.05) is 47.5 Å². The van der Waals surface area contributed by atoms with Crippen LogP contribution in [-0.2, 0) is 21.4 Å². The molecule has 0 unspecified atom stereocenters. The van der Waals surface area contributed by atoms with Gasteiger partial charge < -0.3 is 0 Å². The van der Waals surface area contributed by atoms with Crippen molar-refractivity contribution in [2.45, 2.75) is 39.1 Å². The minimum absolute atomic E-state index is 0.0663. The SMILES string of the molecule is Cc1ccc(CN(CC(=O)N/N=C/c2ccncc2)S(=O)(=O)c2c(C)cc(C)cc2C)cc1. The van der Waals surface area contributed by atoms with Gasteiger partial charge >= 0.3 is 0 Å². The lowest BCUT2D eigenvalue weighted by Gasteiger charge is -2.24. The minimum atomic E-state index is -3.95. The first-order valence-corrected chi connectivity index (χ1v) is 12.0. The molecule has 8 heteroatoms. The number of nitrogens with one attached hydrogen (secondary N) is 1. The van der Waals surface area contributed by atoms with Gasteiger partial charge in [0.05, 0.1) is 17.7 Å². The molecule has 0 radical (unpaired) electrons. The first-order chi connectivity index (χ1) is 15.7. The second-order valence-corrected chi connectivity index (χ2v) is 9.94. The standard InChI is InChI=1S/C25H28N4O3S/c1-18-5-7-23(8-6-18)16-29(17-24(30)28-27-15-22-9-11-26-12-10-22)33(31,32)25-20(3)13-19(2)14-21(25)4/h5-15H,16-17H2,1-4H3,(H,28,30)/b27-15+. The molecule has 3 aromatic rings. The molecule has 33 heavy (non-hydrogen) atoms. The number of pyridine rings is 1. The van der Waals surface area contributed by atoms with Gasteiger partial charge in [-0.15, -0.1) is 0 Å². The van der Waals surface area contributed by atoms with Gasteiger partial charge in [0.1, 0.15) is 0 Å². The van der Waals surface area contributed by atoms with Crippen molar-refractivity contribution in [1.29, 1.82) is 0 Å². The van der Waals surface area contributed by atoms with E-state index in [1.165, 1.54) is 10.5 Å². The Hall–Kier alpha value is -3.36. The average molecular weight is 465 g/mol. The molecule has 0 fully saturated rings. The second kappa shape index (κ2) is 10.5. The number of hydrazone groups is 1. The Kier molecular flexibility index (Phi) is 7.73. The Balaban J connectivity index is 1.88. The van der Waals surface area contributed by atoms with E-state index in [4.69, 9.17) is 0 Å². The zero-order valence-corrected chi connectivity index (χ0v) is 20.1. The summed E-state index contributed by atoms with van der Waals surface area (Å²) in [7, 11) is -3.95. The summed E-state index contributed by atoms with van der Waals surface area (Å²) in [5.41, 5.74) is 7.33. The number of nitrogens with zero attached hydrogens (tertiary/aromatic N) is 3. The van der Waals surface area contributed by atoms with Crippen LogP contribution in [0.4, 0.5) is 0 Å². The van der Waals surface area contributed by atoms with Gasteiger partial charge in [0.25, 0.3) is 5.91 Å². The second-order valence-electron chi connectivity index (χ2n) is 8.06. The van der Waals surface area contributed by atoms with Crippen LogP contribution in [0.1, 0.15) is 33.4 Å². The molecule has 0 saturated heterocycles. The van der Waals surface area contributed by atoms with Crippen molar-refractivity contribution in [1.82, 2.24) is 14.7 Å². The van der Waals surface area contributed by atoms with Gasteiger partial charge in [0.15, 0.2) is 0 Å². The van der Waals surface area contributed by atoms with E-state index in [1.807, 2.05) is 50.2 Å². The largest absolute Gasteiger partial charge is 0.272 e. The molecule has 1 N–H and O–H groups in total. The van der Waals surface area contributed by atoms with E-state index in [9.17, 15) is 13.2 Å². The number of carbonyl (C=O) groups is 1. The van der Waals surface area contributed by atoms with Crippen molar-refractivity contribution >= 4 is 22.1 Å². The van der Waals surface area contributed by atoms with Crippen molar-refractivity contribution in [3.05, 3.63) is 94.3 Å². The number of sulfonamides is 1. The molecule has 172 valence electrons. The number of carbonyl (C=O) groups excluding carboxylic acids is 1. The third kappa shape index (κ3) is 6.34. The quantitative estimate of drug-likeness (QED) is 0.407. The van der Waals surface area contributed by atoms with E-state index in [-0.39, 0.29) is 18.0 Å². The molecule has 0 aliphatic rings. The predicted molar refractivity (Wildman–Crippen MR) is 129 cm³/mol. The van der Waals surface area contributed by atoms with E-state index in [0.29, 0.717) is 11.1 Å². The molecule has 0 aliphatic carbocycles. The molecule has 0 aliphatic heterocycles. The summed E-state index contributed by atoms with van der Waals surface area (Å²) in [4.78, 5) is 16.8. The number of hydrogen-bond acceptors (Lipinski definition) is 5. The smallest absolute Gasteiger partial charge is 0.255 e. The van der Waals surface area contributed by atoms with Gasteiger partial charge in [-0.3, -0.25) is 9.78 Å². The van der Waals surface area contributed by atoms with Gasteiger partial charge in [-0.25, -0.2) is 13.8 Å². The van der Waals surface area contributed by atoms with Crippen molar-refractivity contribution in [2.75, 3.05) is 6.54 Å². The Morgan fingerprint density at radius 2 is 1.58 bits per heavy atom. The summed E-state index contributed by atoms with van der Waals surface area (Å²) in [6.07, 6.45) is 4.71. The summed E-state index contributed by atoms with van der Waals surface area (Å²) in [6, 6.07) is 14.7. The third-order valence-electron chi connectivity index (χ3n) is 5.11. The van der Waals surface area contributed by atoms with Crippen LogP contribution >= 0.6 is 0 Å². The van der Waals surface area contributed by atoms with Crippen molar-refractivity contribution in [3.8, 4) is 0 Å². The molecule has 0 bridgehead atoms. The van der Waals surface area contributed by atoms with Crippen LogP contribution in [0.3, 0.4) is 0 Å². The zero-order valence-electron chi connectivity index (χ0n) is 19.2. The lowest BCUT2D eigenvalue weighted by atomic mass is 10.1. The number of amides is 1. The Morgan fingerprint density at radius 1 is 0.970 bits per heavy atom. The molecule has 1 amide bonds. The molecular formula is C25H28N4O3S. The molecule has 0 spiro atoms. The van der Waals surface area contributed by atoms with E-state index >= 15 is 0 Å². The molecule has 0 saturated carbocycles. The minimum Gasteiger partial charge on any atom is -0.272 e. The summed E-state index contributed by atoms with van der Waals surface area (Å²) in [5, 5.41) is 3.94. The van der Waals surface area contributed by atoms with Crippen LogP contribution < -0.4 is 5.43 Å². The third-order valence-corrected chi connectivity index (χ3v) is 7.21. The summed E-state index contributed by atoms with van der Waals surface area (Å²) in [5.74, 6) is -0.529. The molecule has 2 aromatic carbocycles. The maximum Gasteiger partial charge on any atom is 0.255 e. The Morgan fingerprint density at radius 3 is 2.18 bits per heavy atom. The van der Waals surface area contributed by atoms with Gasteiger partial charge in [0.2, 0.25) is 10.0 Å². The lowest BCUT2D eigenvalue weighted by Crippen LogP contribution is -2.39. The average Bonchev–Trinajstić information content (AvgIpc) is 2.74. The van der Waals surface area contributed by atoms with Crippen LogP contribution in [0.2, 0.25) is 0 Å². The fourth-order valence-corrected chi connectivity index (χ4v) is 5.45. The normalized spacial score (nSPS) is 11.8. The molecule has 0 atom stereocenters. The number of aryl methyl sites for hydroxylation is 4. The van der Waals surface area contributed by atoms with Crippen molar-refractivity contribution in [2.24, 2.45) is 5.10 Å². The fraction of sp³-hybridized carbons (Fsp3) is 0.240. The predicted octanol–water partition coefficient (Wildman–Crippen LogP) is 3.66. The molecule has 1 aromatic heterocycles. The van der Waals surface area contributed by atoms with Crippen LogP contribution in [0, 0.1) is 27.7 Å². The van der Waals surface area contributed by atoms with Gasteiger partial charge in [0, 0.05) is 18.9 Å². The highest BCUT2D eigenvalue weighted by molar-refractivity contribution is 7.89. The highest BCUT2D eigenvalue weighted by atomic mass is 32.2. The van der Waals surface area contributed by atoms with Crippen LogP contribution in [-0.4, -0.2) is 36.4 Å². The topological polar surface area (TPSA) is 91.7 Å². The van der Waals surface area contributed by atoms with Crippen LogP contribution in [0.15, 0.2) is 70.9 Å². The van der Waals surface area contributed by atoms with Gasteiger partial charge in [-0.05, 0) is 62.1 Å². The monoisotopic (exact) mass is 464 g/mol. The Labute approximate surface area is 195 Å². The van der Waals surface area contributed by atoms with E-state index in [2.05, 4.69) is 15.5 Å². The highest BCUT2D eigenvalue weighted by Gasteiger charge is 2.30. The summed E-state index contributed by atoms with van der Waals surface area (Å²) in [6.45, 7) is 7.14. The van der Waals surface area contributed by atoms with Crippen molar-refractivity contribution in [3.63, 3.8) is 0 Å². The van der Waals surface area contributed by atoms with E-state index in [0.717, 1.165) is 22.3 Å². The number of hydrogen-bond donors (Lipinski definition) is 1. The molecule has 3 rings (SSSR count). The fourth-order valence-electron chi connectivity index (χ4n) is 3.65. The van der Waals surface area contributed by atoms with Gasteiger partial charge in [-0.2, -0.15) is 9.41 Å². The number of rotatable bonds is 8. The maximum absolute atomic E-state index is 13.7. The van der Waals surface area contributed by atoms with Crippen molar-refractivity contribution < 1.29 is 13.2 Å². The molecular weight excluding hydrogens is 436 g/mol. The van der Waals surface area contributed by atoms with E-state index in [1.54, 1.807) is 38.4 Å². The van der Waals surface area contributed by atoms with Crippen LogP contribution in [0.5, 0.6) is 0 Å².